The van der Waals surface area contributed by atoms with E-state index in [-0.39, 0.29) is 12.3 Å². The van der Waals surface area contributed by atoms with Crippen LogP contribution in [-0.4, -0.2) is 15.6 Å². The van der Waals surface area contributed by atoms with E-state index in [4.69, 9.17) is 23.2 Å². The van der Waals surface area contributed by atoms with E-state index in [1.807, 2.05) is 0 Å². The van der Waals surface area contributed by atoms with Gasteiger partial charge in [0.15, 0.2) is 5.78 Å². The molecule has 6 heteroatoms. The molecule has 1 aromatic carbocycles. The molecule has 0 atom stereocenters. The van der Waals surface area contributed by atoms with Crippen LogP contribution >= 0.6 is 45.8 Å². The van der Waals surface area contributed by atoms with Gasteiger partial charge in [-0.2, -0.15) is 5.10 Å². The maximum atomic E-state index is 12.0. The monoisotopic (exact) mass is 380 g/mol. The van der Waals surface area contributed by atoms with Gasteiger partial charge in [0, 0.05) is 16.8 Å². The van der Waals surface area contributed by atoms with Gasteiger partial charge in [0.2, 0.25) is 0 Å². The Hall–Kier alpha value is -0.590. The zero-order valence-corrected chi connectivity index (χ0v) is 12.2. The second-order valence-corrected chi connectivity index (χ2v) is 5.49. The van der Waals surface area contributed by atoms with Gasteiger partial charge in [-0.1, -0.05) is 23.2 Å². The van der Waals surface area contributed by atoms with Gasteiger partial charge in [-0.25, -0.2) is 0 Å². The number of rotatable bonds is 3. The van der Waals surface area contributed by atoms with Crippen molar-refractivity contribution in [1.82, 2.24) is 9.78 Å². The molecular weight excluding hydrogens is 374 g/mol. The van der Waals surface area contributed by atoms with Gasteiger partial charge in [-0.3, -0.25) is 9.48 Å². The van der Waals surface area contributed by atoms with Crippen LogP contribution in [0.4, 0.5) is 0 Å². The lowest BCUT2D eigenvalue weighted by atomic mass is 10.1. The molecule has 0 fully saturated rings. The molecule has 0 spiro atoms. The number of hydrogen-bond acceptors (Lipinski definition) is 2. The van der Waals surface area contributed by atoms with Crippen molar-refractivity contribution in [2.45, 2.75) is 6.54 Å². The highest BCUT2D eigenvalue weighted by atomic mass is 127. The van der Waals surface area contributed by atoms with Crippen LogP contribution in [0.1, 0.15) is 10.4 Å². The number of aromatic nitrogens is 2. The van der Waals surface area contributed by atoms with Gasteiger partial charge >= 0.3 is 0 Å². The van der Waals surface area contributed by atoms with Gasteiger partial charge < -0.3 is 0 Å². The molecule has 0 N–H and O–H groups in total. The Bertz CT molecular complexity index is 568. The Kier molecular flexibility index (Phi) is 4.06. The van der Waals surface area contributed by atoms with Crippen LogP contribution < -0.4 is 0 Å². The van der Waals surface area contributed by atoms with E-state index in [0.717, 1.165) is 3.57 Å². The third-order valence-corrected chi connectivity index (χ3v) is 3.24. The first kappa shape index (κ1) is 12.9. The largest absolute Gasteiger partial charge is 0.292 e. The summed E-state index contributed by atoms with van der Waals surface area (Å²) in [6.07, 6.45) is 3.49. The zero-order valence-electron chi connectivity index (χ0n) is 8.53. The summed E-state index contributed by atoms with van der Waals surface area (Å²) in [5, 5.41) is 4.93. The molecule has 2 rings (SSSR count). The number of benzene rings is 1. The van der Waals surface area contributed by atoms with Crippen molar-refractivity contribution >= 4 is 51.6 Å². The second kappa shape index (κ2) is 5.37. The molecule has 17 heavy (non-hydrogen) atoms. The van der Waals surface area contributed by atoms with Crippen LogP contribution in [0.25, 0.3) is 0 Å². The molecule has 88 valence electrons. The smallest absolute Gasteiger partial charge is 0.185 e. The van der Waals surface area contributed by atoms with Gasteiger partial charge in [0.1, 0.15) is 6.54 Å². The summed E-state index contributed by atoms with van der Waals surface area (Å²) >= 11 is 13.9. The third-order valence-electron chi connectivity index (χ3n) is 2.14. The van der Waals surface area contributed by atoms with Gasteiger partial charge in [-0.05, 0) is 40.8 Å². The van der Waals surface area contributed by atoms with Crippen molar-refractivity contribution in [3.05, 3.63) is 49.8 Å². The lowest BCUT2D eigenvalue weighted by molar-refractivity contribution is 0.0968. The van der Waals surface area contributed by atoms with Crippen LogP contribution in [0.5, 0.6) is 0 Å². The van der Waals surface area contributed by atoms with Crippen molar-refractivity contribution in [3.63, 3.8) is 0 Å². The molecule has 0 saturated carbocycles. The predicted molar refractivity (Wildman–Crippen MR) is 75.7 cm³/mol. The number of Topliss-reactive ketones (excluding diaryl/α,β-unsaturated/α-hetero) is 1. The molecule has 0 unspecified atom stereocenters. The van der Waals surface area contributed by atoms with Crippen molar-refractivity contribution in [2.75, 3.05) is 0 Å². The van der Waals surface area contributed by atoms with Crippen LogP contribution in [0, 0.1) is 3.57 Å². The maximum Gasteiger partial charge on any atom is 0.185 e. The fourth-order valence-electron chi connectivity index (χ4n) is 1.37. The molecule has 0 amide bonds. The summed E-state index contributed by atoms with van der Waals surface area (Å²) in [4.78, 5) is 12.0. The Morgan fingerprint density at radius 1 is 1.41 bits per heavy atom. The molecule has 0 aliphatic rings. The highest BCUT2D eigenvalue weighted by Crippen LogP contribution is 2.21. The quantitative estimate of drug-likeness (QED) is 0.601. The minimum Gasteiger partial charge on any atom is -0.292 e. The fraction of sp³-hybridized carbons (Fsp3) is 0.0909. The highest BCUT2D eigenvalue weighted by molar-refractivity contribution is 14.1. The number of halogens is 3. The molecule has 0 saturated heterocycles. The van der Waals surface area contributed by atoms with E-state index < -0.39 is 0 Å². The van der Waals surface area contributed by atoms with Gasteiger partial charge in [0.05, 0.1) is 14.8 Å². The van der Waals surface area contributed by atoms with E-state index in [9.17, 15) is 4.79 Å². The van der Waals surface area contributed by atoms with Gasteiger partial charge in [0.25, 0.3) is 0 Å². The molecule has 0 aliphatic carbocycles. The topological polar surface area (TPSA) is 34.9 Å². The number of ketones is 1. The molecule has 2 aromatic rings. The summed E-state index contributed by atoms with van der Waals surface area (Å²) in [5.41, 5.74) is 0.460. The molecule has 3 nitrogen and oxygen atoms in total. The Morgan fingerprint density at radius 3 is 2.76 bits per heavy atom. The number of hydrogen-bond donors (Lipinski definition) is 0. The Morgan fingerprint density at radius 2 is 2.18 bits per heavy atom. The molecule has 1 heterocycles. The summed E-state index contributed by atoms with van der Waals surface area (Å²) < 4.78 is 2.56. The SMILES string of the molecule is O=C(Cn1cc(I)cn1)c1ccc(Cl)cc1Cl. The fourth-order valence-corrected chi connectivity index (χ4v) is 2.33. The average Bonchev–Trinajstić information content (AvgIpc) is 2.63. The van der Waals surface area contributed by atoms with Crippen LogP contribution in [0.15, 0.2) is 30.6 Å². The maximum absolute atomic E-state index is 12.0. The van der Waals surface area contributed by atoms with Crippen molar-refractivity contribution < 1.29 is 4.79 Å². The Labute approximate surface area is 122 Å². The number of carbonyl (C=O) groups excluding carboxylic acids is 1. The number of carbonyl (C=O) groups is 1. The molecule has 1 aromatic heterocycles. The summed E-state index contributed by atoms with van der Waals surface area (Å²) in [6, 6.07) is 4.83. The Balaban J connectivity index is 2.20. The van der Waals surface area contributed by atoms with Crippen molar-refractivity contribution in [3.8, 4) is 0 Å². The average molecular weight is 381 g/mol. The van der Waals surface area contributed by atoms with E-state index >= 15 is 0 Å². The van der Waals surface area contributed by atoms with E-state index in [1.165, 1.54) is 0 Å². The molecule has 0 aliphatic heterocycles. The zero-order chi connectivity index (χ0) is 12.4. The van der Waals surface area contributed by atoms with Crippen LogP contribution in [0.2, 0.25) is 10.0 Å². The minimum atomic E-state index is -0.0915. The van der Waals surface area contributed by atoms with E-state index in [0.29, 0.717) is 15.6 Å². The minimum absolute atomic E-state index is 0.0915. The number of nitrogens with zero attached hydrogens (tertiary/aromatic N) is 2. The highest BCUT2D eigenvalue weighted by Gasteiger charge is 2.11. The lowest BCUT2D eigenvalue weighted by Crippen LogP contribution is -2.11. The lowest BCUT2D eigenvalue weighted by Gasteiger charge is -2.04. The predicted octanol–water partition coefficient (Wildman–Crippen LogP) is 3.68. The first-order valence-electron chi connectivity index (χ1n) is 4.72. The normalized spacial score (nSPS) is 10.5. The van der Waals surface area contributed by atoms with Gasteiger partial charge in [-0.15, -0.1) is 0 Å². The first-order chi connectivity index (χ1) is 8.06. The molecular formula is C11H7Cl2IN2O. The summed E-state index contributed by atoms with van der Waals surface area (Å²) in [5.74, 6) is -0.0915. The first-order valence-corrected chi connectivity index (χ1v) is 6.56. The van der Waals surface area contributed by atoms with Crippen LogP contribution in [0.3, 0.4) is 0 Å². The van der Waals surface area contributed by atoms with Crippen molar-refractivity contribution in [1.29, 1.82) is 0 Å². The summed E-state index contributed by atoms with van der Waals surface area (Å²) in [7, 11) is 0. The van der Waals surface area contributed by atoms with Crippen LogP contribution in [-0.2, 0) is 6.54 Å². The standard InChI is InChI=1S/C11H7Cl2IN2O/c12-7-1-2-9(10(13)3-7)11(17)6-16-5-8(14)4-15-16/h1-5H,6H2. The second-order valence-electron chi connectivity index (χ2n) is 3.40. The molecule has 0 bridgehead atoms. The molecule has 0 radical (unpaired) electrons. The van der Waals surface area contributed by atoms with Crippen molar-refractivity contribution in [2.24, 2.45) is 0 Å². The summed E-state index contributed by atoms with van der Waals surface area (Å²) in [6.45, 7) is 0.171. The van der Waals surface area contributed by atoms with E-state index in [1.54, 1.807) is 35.3 Å². The third kappa shape index (κ3) is 3.20. The van der Waals surface area contributed by atoms with E-state index in [2.05, 4.69) is 27.7 Å².